The van der Waals surface area contributed by atoms with Gasteiger partial charge in [-0.05, 0) is 47.2 Å². The molecule has 144 valence electrons. The summed E-state index contributed by atoms with van der Waals surface area (Å²) in [6.07, 6.45) is 0.835. The summed E-state index contributed by atoms with van der Waals surface area (Å²) < 4.78 is 22.1. The third-order valence-electron chi connectivity index (χ3n) is 4.42. The average Bonchev–Trinajstić information content (AvgIpc) is 2.96. The fraction of sp³-hybridized carbons (Fsp3) is 0.227. The fourth-order valence-corrected chi connectivity index (χ4v) is 3.01. The Morgan fingerprint density at radius 2 is 1.68 bits per heavy atom. The topological polar surface area (TPSA) is 66.0 Å². The highest BCUT2D eigenvalue weighted by atomic mass is 16.5. The molecule has 0 saturated heterocycles. The molecule has 0 spiro atoms. The molecular weight excluding hydrogens is 358 g/mol. The molecule has 1 amide bonds. The molecule has 0 bridgehead atoms. The molecule has 3 aromatic rings. The van der Waals surface area contributed by atoms with Gasteiger partial charge >= 0.3 is 0 Å². The zero-order chi connectivity index (χ0) is 19.3. The molecular formula is C22H21NO5. The maximum absolute atomic E-state index is 12.3. The van der Waals surface area contributed by atoms with Gasteiger partial charge in [-0.2, -0.15) is 0 Å². The maximum atomic E-state index is 12.3. The maximum Gasteiger partial charge on any atom is 0.262 e. The Morgan fingerprint density at radius 1 is 0.929 bits per heavy atom. The number of rotatable bonds is 5. The van der Waals surface area contributed by atoms with Gasteiger partial charge in [0.15, 0.2) is 18.1 Å². The Bertz CT molecular complexity index is 1000. The first-order valence-electron chi connectivity index (χ1n) is 9.11. The highest BCUT2D eigenvalue weighted by Gasteiger charge is 2.12. The molecule has 1 N–H and O–H groups in total. The predicted molar refractivity (Wildman–Crippen MR) is 107 cm³/mol. The van der Waals surface area contributed by atoms with Crippen LogP contribution in [0.15, 0.2) is 54.6 Å². The first kappa shape index (κ1) is 18.0. The van der Waals surface area contributed by atoms with E-state index in [-0.39, 0.29) is 12.5 Å². The Balaban J connectivity index is 1.39. The number of ether oxygens (including phenoxy) is 4. The lowest BCUT2D eigenvalue weighted by molar-refractivity contribution is -0.118. The van der Waals surface area contributed by atoms with Gasteiger partial charge in [0.05, 0.1) is 20.3 Å². The standard InChI is InChI=1S/C22H21NO5/c1-25-18-6-3-15-4-7-19(12-16(15)11-18)28-14-22(24)23-17-5-8-20-21(13-17)27-10-2-9-26-20/h3-8,11-13H,2,9-10,14H2,1H3,(H,23,24). The highest BCUT2D eigenvalue weighted by Crippen LogP contribution is 2.32. The molecule has 1 aliphatic rings. The molecule has 1 aliphatic heterocycles. The van der Waals surface area contributed by atoms with E-state index >= 15 is 0 Å². The number of anilines is 1. The normalized spacial score (nSPS) is 12.9. The number of methoxy groups -OCH3 is 1. The summed E-state index contributed by atoms with van der Waals surface area (Å²) in [6, 6.07) is 16.9. The minimum absolute atomic E-state index is 0.0933. The number of hydrogen-bond acceptors (Lipinski definition) is 5. The van der Waals surface area contributed by atoms with Gasteiger partial charge in [-0.1, -0.05) is 12.1 Å². The summed E-state index contributed by atoms with van der Waals surface area (Å²) in [5.41, 5.74) is 0.640. The lowest BCUT2D eigenvalue weighted by atomic mass is 10.1. The van der Waals surface area contributed by atoms with E-state index in [9.17, 15) is 4.79 Å². The third-order valence-corrected chi connectivity index (χ3v) is 4.42. The quantitative estimate of drug-likeness (QED) is 0.725. The van der Waals surface area contributed by atoms with Crippen LogP contribution in [-0.4, -0.2) is 32.8 Å². The molecule has 0 aliphatic carbocycles. The van der Waals surface area contributed by atoms with Crippen LogP contribution in [0.3, 0.4) is 0 Å². The third kappa shape index (κ3) is 4.11. The molecule has 6 nitrogen and oxygen atoms in total. The molecule has 28 heavy (non-hydrogen) atoms. The molecule has 0 fully saturated rings. The van der Waals surface area contributed by atoms with E-state index in [0.29, 0.717) is 36.1 Å². The fourth-order valence-electron chi connectivity index (χ4n) is 3.01. The molecule has 0 atom stereocenters. The monoisotopic (exact) mass is 379 g/mol. The smallest absolute Gasteiger partial charge is 0.262 e. The minimum Gasteiger partial charge on any atom is -0.497 e. The van der Waals surface area contributed by atoms with Crippen LogP contribution < -0.4 is 24.3 Å². The number of benzene rings is 3. The van der Waals surface area contributed by atoms with Gasteiger partial charge in [0.1, 0.15) is 11.5 Å². The molecule has 0 radical (unpaired) electrons. The predicted octanol–water partition coefficient (Wildman–Crippen LogP) is 4.03. The number of nitrogens with one attached hydrogen (secondary N) is 1. The summed E-state index contributed by atoms with van der Waals surface area (Å²) >= 11 is 0. The SMILES string of the molecule is COc1ccc2ccc(OCC(=O)Nc3ccc4c(c3)OCCCO4)cc2c1. The van der Waals surface area contributed by atoms with Gasteiger partial charge in [-0.3, -0.25) is 4.79 Å². The summed E-state index contributed by atoms with van der Waals surface area (Å²) in [4.78, 5) is 12.3. The summed E-state index contributed by atoms with van der Waals surface area (Å²) in [7, 11) is 1.63. The van der Waals surface area contributed by atoms with Crippen LogP contribution in [0.25, 0.3) is 10.8 Å². The van der Waals surface area contributed by atoms with Crippen molar-refractivity contribution in [3.8, 4) is 23.0 Å². The van der Waals surface area contributed by atoms with E-state index < -0.39 is 0 Å². The van der Waals surface area contributed by atoms with E-state index in [1.165, 1.54) is 0 Å². The molecule has 0 saturated carbocycles. The summed E-state index contributed by atoms with van der Waals surface area (Å²) in [5.74, 6) is 2.48. The number of carbonyl (C=O) groups excluding carboxylic acids is 1. The van der Waals surface area contributed by atoms with Crippen LogP contribution in [0.1, 0.15) is 6.42 Å². The summed E-state index contributed by atoms with van der Waals surface area (Å²) in [5, 5.41) is 4.88. The number of amides is 1. The van der Waals surface area contributed by atoms with Gasteiger partial charge in [-0.25, -0.2) is 0 Å². The van der Waals surface area contributed by atoms with Crippen molar-refractivity contribution in [3.05, 3.63) is 54.6 Å². The van der Waals surface area contributed by atoms with Crippen molar-refractivity contribution < 1.29 is 23.7 Å². The zero-order valence-electron chi connectivity index (χ0n) is 15.6. The second kappa shape index (κ2) is 8.08. The minimum atomic E-state index is -0.250. The van der Waals surface area contributed by atoms with Crippen molar-refractivity contribution in [3.63, 3.8) is 0 Å². The lowest BCUT2D eigenvalue weighted by Crippen LogP contribution is -2.20. The van der Waals surface area contributed by atoms with Crippen molar-refractivity contribution >= 4 is 22.4 Å². The van der Waals surface area contributed by atoms with E-state index in [4.69, 9.17) is 18.9 Å². The van der Waals surface area contributed by atoms with Gasteiger partial charge < -0.3 is 24.3 Å². The molecule has 3 aromatic carbocycles. The number of fused-ring (bicyclic) bond motifs is 2. The van der Waals surface area contributed by atoms with Crippen LogP contribution in [0.5, 0.6) is 23.0 Å². The first-order chi connectivity index (χ1) is 13.7. The Morgan fingerprint density at radius 3 is 2.50 bits per heavy atom. The summed E-state index contributed by atoms with van der Waals surface area (Å²) in [6.45, 7) is 1.13. The van der Waals surface area contributed by atoms with Crippen LogP contribution in [0.4, 0.5) is 5.69 Å². The van der Waals surface area contributed by atoms with E-state index in [0.717, 1.165) is 22.9 Å². The molecule has 1 heterocycles. The van der Waals surface area contributed by atoms with Crippen LogP contribution in [0, 0.1) is 0 Å². The molecule has 4 rings (SSSR count). The van der Waals surface area contributed by atoms with Crippen molar-refractivity contribution in [1.82, 2.24) is 0 Å². The molecule has 6 heteroatoms. The lowest BCUT2D eigenvalue weighted by Gasteiger charge is -2.11. The number of hydrogen-bond donors (Lipinski definition) is 1. The van der Waals surface area contributed by atoms with E-state index in [2.05, 4.69) is 5.32 Å². The van der Waals surface area contributed by atoms with Gasteiger partial charge in [0.25, 0.3) is 5.91 Å². The second-order valence-electron chi connectivity index (χ2n) is 6.42. The van der Waals surface area contributed by atoms with Crippen LogP contribution >= 0.6 is 0 Å². The van der Waals surface area contributed by atoms with Crippen molar-refractivity contribution in [2.75, 3.05) is 32.2 Å². The van der Waals surface area contributed by atoms with E-state index in [1.54, 1.807) is 25.3 Å². The average molecular weight is 379 g/mol. The largest absolute Gasteiger partial charge is 0.497 e. The van der Waals surface area contributed by atoms with Gasteiger partial charge in [0, 0.05) is 18.2 Å². The first-order valence-corrected chi connectivity index (χ1v) is 9.11. The van der Waals surface area contributed by atoms with Crippen molar-refractivity contribution in [1.29, 1.82) is 0 Å². The van der Waals surface area contributed by atoms with Crippen LogP contribution in [-0.2, 0) is 4.79 Å². The Hall–Kier alpha value is -3.41. The van der Waals surface area contributed by atoms with Crippen molar-refractivity contribution in [2.45, 2.75) is 6.42 Å². The van der Waals surface area contributed by atoms with Gasteiger partial charge in [-0.15, -0.1) is 0 Å². The van der Waals surface area contributed by atoms with E-state index in [1.807, 2.05) is 36.4 Å². The van der Waals surface area contributed by atoms with Crippen LogP contribution in [0.2, 0.25) is 0 Å². The Labute approximate surface area is 163 Å². The second-order valence-corrected chi connectivity index (χ2v) is 6.42. The zero-order valence-corrected chi connectivity index (χ0v) is 15.6. The Kier molecular flexibility index (Phi) is 5.19. The highest BCUT2D eigenvalue weighted by molar-refractivity contribution is 5.92. The van der Waals surface area contributed by atoms with Gasteiger partial charge in [0.2, 0.25) is 0 Å². The van der Waals surface area contributed by atoms with Crippen molar-refractivity contribution in [2.24, 2.45) is 0 Å². The molecule has 0 aromatic heterocycles. The molecule has 0 unspecified atom stereocenters. The number of carbonyl (C=O) groups is 1.